The van der Waals surface area contributed by atoms with Crippen LogP contribution in [0.25, 0.3) is 0 Å². The van der Waals surface area contributed by atoms with E-state index in [2.05, 4.69) is 45.7 Å². The first-order valence-electron chi connectivity index (χ1n) is 4.77. The van der Waals surface area contributed by atoms with Crippen LogP contribution < -0.4 is 5.32 Å². The molecule has 0 saturated heterocycles. The summed E-state index contributed by atoms with van der Waals surface area (Å²) < 4.78 is 1.19. The fourth-order valence-electron chi connectivity index (χ4n) is 1.21. The summed E-state index contributed by atoms with van der Waals surface area (Å²) in [5.74, 6) is 1.24. The molecule has 0 aliphatic rings. The summed E-state index contributed by atoms with van der Waals surface area (Å²) in [5, 5.41) is 3.43. The summed E-state index contributed by atoms with van der Waals surface area (Å²) >= 11 is 5.44. The van der Waals surface area contributed by atoms with Crippen molar-refractivity contribution in [1.82, 2.24) is 5.32 Å². The zero-order chi connectivity index (χ0) is 10.2. The van der Waals surface area contributed by atoms with Crippen molar-refractivity contribution in [2.24, 2.45) is 0 Å². The molecule has 0 spiro atoms. The van der Waals surface area contributed by atoms with Crippen LogP contribution in [0.1, 0.15) is 12.0 Å². The van der Waals surface area contributed by atoms with E-state index < -0.39 is 0 Å². The first kappa shape index (κ1) is 12.1. The van der Waals surface area contributed by atoms with E-state index in [1.165, 1.54) is 22.2 Å². The maximum Gasteiger partial charge on any atom is 0.0220 e. The second kappa shape index (κ2) is 7.32. The third-order valence-electron chi connectivity index (χ3n) is 1.98. The Labute approximate surface area is 98.8 Å². The average Bonchev–Trinajstić information content (AvgIpc) is 2.20. The van der Waals surface area contributed by atoms with Gasteiger partial charge in [0.1, 0.15) is 0 Å². The van der Waals surface area contributed by atoms with Crippen LogP contribution in [0.2, 0.25) is 0 Å². The van der Waals surface area contributed by atoms with Gasteiger partial charge in [-0.2, -0.15) is 11.8 Å². The van der Waals surface area contributed by atoms with Crippen molar-refractivity contribution < 1.29 is 0 Å². The number of halogens is 1. The average molecular weight is 274 g/mol. The lowest BCUT2D eigenvalue weighted by molar-refractivity contribution is 0.677. The summed E-state index contributed by atoms with van der Waals surface area (Å²) in [7, 11) is 0. The fraction of sp³-hybridized carbons (Fsp3) is 0.455. The number of nitrogens with one attached hydrogen (secondary N) is 1. The van der Waals surface area contributed by atoms with Crippen LogP contribution in [-0.4, -0.2) is 18.6 Å². The van der Waals surface area contributed by atoms with Crippen molar-refractivity contribution in [1.29, 1.82) is 0 Å². The Morgan fingerprint density at radius 2 is 2.14 bits per heavy atom. The van der Waals surface area contributed by atoms with Crippen molar-refractivity contribution in [2.45, 2.75) is 13.0 Å². The molecule has 1 aromatic rings. The molecular formula is C11H16BrNS. The maximum absolute atomic E-state index is 3.53. The lowest BCUT2D eigenvalue weighted by Gasteiger charge is -2.05. The molecule has 0 bridgehead atoms. The van der Waals surface area contributed by atoms with E-state index >= 15 is 0 Å². The molecule has 3 heteroatoms. The van der Waals surface area contributed by atoms with Gasteiger partial charge in [0.05, 0.1) is 0 Å². The van der Waals surface area contributed by atoms with Gasteiger partial charge in [-0.05, 0) is 36.6 Å². The normalized spacial score (nSPS) is 10.4. The predicted octanol–water partition coefficient (Wildman–Crippen LogP) is 3.29. The Morgan fingerprint density at radius 3 is 2.86 bits per heavy atom. The number of hydrogen-bond donors (Lipinski definition) is 1. The fourth-order valence-corrected chi connectivity index (χ4v) is 2.06. The van der Waals surface area contributed by atoms with Crippen LogP contribution in [-0.2, 0) is 6.54 Å². The molecule has 1 rings (SSSR count). The number of thioether (sulfide) groups is 1. The van der Waals surface area contributed by atoms with Gasteiger partial charge in [-0.3, -0.25) is 0 Å². The third-order valence-corrected chi connectivity index (χ3v) is 3.45. The van der Waals surface area contributed by atoms with E-state index in [1.54, 1.807) is 0 Å². The molecule has 1 nitrogen and oxygen atoms in total. The second-order valence-corrected chi connectivity index (χ2v) is 4.95. The van der Waals surface area contributed by atoms with Crippen LogP contribution in [0.4, 0.5) is 0 Å². The molecule has 0 atom stereocenters. The Hall–Kier alpha value is 0.01000. The van der Waals surface area contributed by atoms with Gasteiger partial charge in [-0.15, -0.1) is 0 Å². The summed E-state index contributed by atoms with van der Waals surface area (Å²) in [4.78, 5) is 0. The molecule has 0 fully saturated rings. The summed E-state index contributed by atoms with van der Waals surface area (Å²) in [6.45, 7) is 2.05. The lowest BCUT2D eigenvalue weighted by Crippen LogP contribution is -2.15. The molecule has 14 heavy (non-hydrogen) atoms. The van der Waals surface area contributed by atoms with E-state index in [0.29, 0.717) is 0 Å². The Kier molecular flexibility index (Phi) is 6.32. The quantitative estimate of drug-likeness (QED) is 0.799. The second-order valence-electron chi connectivity index (χ2n) is 3.11. The van der Waals surface area contributed by atoms with Crippen molar-refractivity contribution >= 4 is 27.7 Å². The van der Waals surface area contributed by atoms with Gasteiger partial charge in [0.2, 0.25) is 0 Å². The van der Waals surface area contributed by atoms with E-state index in [4.69, 9.17) is 0 Å². The molecule has 0 heterocycles. The van der Waals surface area contributed by atoms with Gasteiger partial charge in [-0.1, -0.05) is 34.1 Å². The highest BCUT2D eigenvalue weighted by atomic mass is 79.9. The van der Waals surface area contributed by atoms with Gasteiger partial charge < -0.3 is 5.32 Å². The Morgan fingerprint density at radius 1 is 1.36 bits per heavy atom. The van der Waals surface area contributed by atoms with Crippen LogP contribution in [0.5, 0.6) is 0 Å². The first-order valence-corrected chi connectivity index (χ1v) is 6.96. The Bertz CT molecular complexity index is 265. The summed E-state index contributed by atoms with van der Waals surface area (Å²) in [6.07, 6.45) is 3.39. The molecule has 0 amide bonds. The number of benzene rings is 1. The van der Waals surface area contributed by atoms with E-state index in [1.807, 2.05) is 17.8 Å². The minimum atomic E-state index is 0.954. The highest BCUT2D eigenvalue weighted by molar-refractivity contribution is 9.10. The topological polar surface area (TPSA) is 12.0 Å². The van der Waals surface area contributed by atoms with Crippen LogP contribution >= 0.6 is 27.7 Å². The smallest absolute Gasteiger partial charge is 0.0220 e. The highest BCUT2D eigenvalue weighted by Gasteiger charge is 1.96. The zero-order valence-corrected chi connectivity index (χ0v) is 10.8. The summed E-state index contributed by atoms with van der Waals surface area (Å²) in [6, 6.07) is 8.34. The number of rotatable bonds is 6. The van der Waals surface area contributed by atoms with E-state index in [-0.39, 0.29) is 0 Å². The van der Waals surface area contributed by atoms with E-state index in [9.17, 15) is 0 Å². The monoisotopic (exact) mass is 273 g/mol. The molecule has 1 aromatic carbocycles. The van der Waals surface area contributed by atoms with Gasteiger partial charge in [0.15, 0.2) is 0 Å². The van der Waals surface area contributed by atoms with Gasteiger partial charge in [0.25, 0.3) is 0 Å². The van der Waals surface area contributed by atoms with E-state index in [0.717, 1.165) is 13.1 Å². The van der Waals surface area contributed by atoms with Crippen LogP contribution in [0.3, 0.4) is 0 Å². The van der Waals surface area contributed by atoms with Crippen molar-refractivity contribution in [3.63, 3.8) is 0 Å². The lowest BCUT2D eigenvalue weighted by atomic mass is 10.2. The largest absolute Gasteiger partial charge is 0.313 e. The third kappa shape index (κ3) is 4.49. The molecule has 0 unspecified atom stereocenters. The standard InChI is InChI=1S/C11H16BrNS/c1-14-8-4-7-13-9-10-5-2-3-6-11(10)12/h2-3,5-6,13H,4,7-9H2,1H3. The van der Waals surface area contributed by atoms with Gasteiger partial charge in [-0.25, -0.2) is 0 Å². The van der Waals surface area contributed by atoms with Gasteiger partial charge in [0, 0.05) is 11.0 Å². The minimum absolute atomic E-state index is 0.954. The molecule has 0 aliphatic heterocycles. The maximum atomic E-state index is 3.53. The SMILES string of the molecule is CSCCCNCc1ccccc1Br. The van der Waals surface area contributed by atoms with Crippen LogP contribution in [0.15, 0.2) is 28.7 Å². The highest BCUT2D eigenvalue weighted by Crippen LogP contribution is 2.15. The zero-order valence-electron chi connectivity index (χ0n) is 8.42. The molecule has 0 aromatic heterocycles. The molecule has 0 radical (unpaired) electrons. The minimum Gasteiger partial charge on any atom is -0.313 e. The molecular weight excluding hydrogens is 258 g/mol. The molecule has 78 valence electrons. The van der Waals surface area contributed by atoms with Crippen molar-refractivity contribution in [3.05, 3.63) is 34.3 Å². The van der Waals surface area contributed by atoms with Crippen LogP contribution in [0, 0.1) is 0 Å². The predicted molar refractivity (Wildman–Crippen MR) is 68.8 cm³/mol. The molecule has 1 N–H and O–H groups in total. The van der Waals surface area contributed by atoms with Crippen molar-refractivity contribution in [2.75, 3.05) is 18.6 Å². The Balaban J connectivity index is 2.21. The summed E-state index contributed by atoms with van der Waals surface area (Å²) in [5.41, 5.74) is 1.33. The molecule has 0 saturated carbocycles. The number of hydrogen-bond acceptors (Lipinski definition) is 2. The van der Waals surface area contributed by atoms with Crippen molar-refractivity contribution in [3.8, 4) is 0 Å². The van der Waals surface area contributed by atoms with Gasteiger partial charge >= 0.3 is 0 Å². The molecule has 0 aliphatic carbocycles. The first-order chi connectivity index (χ1) is 6.84.